The molecule has 0 saturated heterocycles. The summed E-state index contributed by atoms with van der Waals surface area (Å²) < 4.78 is 5.97. The Balaban J connectivity index is 2.16. The Hall–Kier alpha value is -3.48. The van der Waals surface area contributed by atoms with E-state index in [2.05, 4.69) is 4.98 Å². The van der Waals surface area contributed by atoms with E-state index < -0.39 is 11.6 Å². The Kier molecular flexibility index (Phi) is 4.53. The molecule has 0 bridgehead atoms. The lowest BCUT2D eigenvalue weighted by atomic mass is 10.0. The van der Waals surface area contributed by atoms with Crippen LogP contribution in [-0.2, 0) is 0 Å². The summed E-state index contributed by atoms with van der Waals surface area (Å²) in [5.74, 6) is 1.13. The van der Waals surface area contributed by atoms with Gasteiger partial charge in [0.05, 0.1) is 5.69 Å². The van der Waals surface area contributed by atoms with Gasteiger partial charge in [0.1, 0.15) is 17.3 Å². The predicted molar refractivity (Wildman–Crippen MR) is 107 cm³/mol. The van der Waals surface area contributed by atoms with Crippen LogP contribution < -0.4 is 21.1 Å². The number of rotatable bonds is 3. The molecule has 0 spiro atoms. The maximum Gasteiger partial charge on any atom is 0.412 e. The third kappa shape index (κ3) is 3.44. The van der Waals surface area contributed by atoms with Crippen molar-refractivity contribution in [3.63, 3.8) is 0 Å². The molecule has 1 amide bonds. The number of fused-ring (bicyclic) bond motifs is 1. The van der Waals surface area contributed by atoms with Crippen molar-refractivity contribution in [2.75, 3.05) is 16.4 Å². The molecule has 0 aliphatic rings. The first-order chi connectivity index (χ1) is 12.7. The number of nitrogens with two attached hydrogens (primary N) is 2. The number of carbonyl (C=O) groups is 1. The molecule has 0 atom stereocenters. The highest BCUT2D eigenvalue weighted by atomic mass is 16.5. The van der Waals surface area contributed by atoms with Crippen molar-refractivity contribution in [2.45, 2.75) is 26.3 Å². The number of aromatic nitrogens is 1. The van der Waals surface area contributed by atoms with Crippen LogP contribution in [-0.4, -0.2) is 21.7 Å². The number of nitrogens with zero attached hydrogens (tertiary/aromatic N) is 2. The zero-order chi connectivity index (χ0) is 19.8. The summed E-state index contributed by atoms with van der Waals surface area (Å²) in [6.07, 6.45) is 0.496. The van der Waals surface area contributed by atoms with Crippen molar-refractivity contribution in [1.82, 2.24) is 4.98 Å². The SMILES string of the molecule is CC(C)(C)N(C(=O)O)c1ccc(Oc2ccnc(N)c2N)c2ccccc12. The van der Waals surface area contributed by atoms with E-state index >= 15 is 0 Å². The van der Waals surface area contributed by atoms with Gasteiger partial charge in [-0.3, -0.25) is 4.90 Å². The van der Waals surface area contributed by atoms with E-state index in [1.807, 2.05) is 45.0 Å². The number of hydrogen-bond donors (Lipinski definition) is 3. The van der Waals surface area contributed by atoms with Crippen molar-refractivity contribution in [2.24, 2.45) is 0 Å². The number of nitrogen functional groups attached to an aromatic ring is 2. The van der Waals surface area contributed by atoms with Crippen molar-refractivity contribution in [1.29, 1.82) is 0 Å². The van der Waals surface area contributed by atoms with Gasteiger partial charge >= 0.3 is 6.09 Å². The summed E-state index contributed by atoms with van der Waals surface area (Å²) >= 11 is 0. The van der Waals surface area contributed by atoms with Gasteiger partial charge in [0.15, 0.2) is 5.75 Å². The second-order valence-electron chi connectivity index (χ2n) is 7.13. The lowest BCUT2D eigenvalue weighted by Gasteiger charge is -2.34. The van der Waals surface area contributed by atoms with Gasteiger partial charge in [0.2, 0.25) is 0 Å². The average Bonchev–Trinajstić information content (AvgIpc) is 2.59. The molecule has 3 rings (SSSR count). The summed E-state index contributed by atoms with van der Waals surface area (Å²) in [6, 6.07) is 12.6. The quantitative estimate of drug-likeness (QED) is 0.630. The molecule has 0 unspecified atom stereocenters. The molecule has 5 N–H and O–H groups in total. The molecule has 0 aliphatic heterocycles. The summed E-state index contributed by atoms with van der Waals surface area (Å²) in [4.78, 5) is 17.2. The van der Waals surface area contributed by atoms with Crippen molar-refractivity contribution >= 4 is 34.1 Å². The molecule has 0 aliphatic carbocycles. The molecule has 3 aromatic rings. The number of amides is 1. The summed E-state index contributed by atoms with van der Waals surface area (Å²) in [5.41, 5.74) is 11.9. The fourth-order valence-electron chi connectivity index (χ4n) is 2.97. The first kappa shape index (κ1) is 18.3. The van der Waals surface area contributed by atoms with E-state index in [-0.39, 0.29) is 11.5 Å². The number of carboxylic acid groups (broad SMARTS) is 1. The zero-order valence-electron chi connectivity index (χ0n) is 15.4. The summed E-state index contributed by atoms with van der Waals surface area (Å²) in [5, 5.41) is 11.3. The second-order valence-corrected chi connectivity index (χ2v) is 7.13. The molecular formula is C20H22N4O3. The average molecular weight is 366 g/mol. The fraction of sp³-hybridized carbons (Fsp3) is 0.200. The van der Waals surface area contributed by atoms with E-state index in [9.17, 15) is 9.90 Å². The Morgan fingerprint density at radius 1 is 1.04 bits per heavy atom. The van der Waals surface area contributed by atoms with Crippen molar-refractivity contribution < 1.29 is 14.6 Å². The molecule has 1 aromatic heterocycles. The highest BCUT2D eigenvalue weighted by Gasteiger charge is 2.29. The standard InChI is InChI=1S/C20H22N4O3/c1-20(2,3)24(19(25)26)14-8-9-15(13-7-5-4-6-12(13)14)27-16-10-11-23-18(22)17(16)21/h4-11H,21H2,1-3H3,(H2,22,23)(H,25,26). The van der Waals surface area contributed by atoms with Crippen LogP contribution in [0.1, 0.15) is 20.8 Å². The molecule has 0 fully saturated rings. The van der Waals surface area contributed by atoms with E-state index in [1.165, 1.54) is 11.1 Å². The highest BCUT2D eigenvalue weighted by Crippen LogP contribution is 2.39. The molecular weight excluding hydrogens is 344 g/mol. The van der Waals surface area contributed by atoms with Crippen molar-refractivity contribution in [3.05, 3.63) is 48.7 Å². The van der Waals surface area contributed by atoms with Gasteiger partial charge in [-0.15, -0.1) is 0 Å². The van der Waals surface area contributed by atoms with E-state index in [1.54, 1.807) is 18.2 Å². The highest BCUT2D eigenvalue weighted by molar-refractivity contribution is 6.04. The van der Waals surface area contributed by atoms with Crippen LogP contribution in [0.4, 0.5) is 22.0 Å². The Labute approximate surface area is 157 Å². The Morgan fingerprint density at radius 2 is 1.70 bits per heavy atom. The molecule has 1 heterocycles. The van der Waals surface area contributed by atoms with Gasteiger partial charge in [-0.25, -0.2) is 9.78 Å². The van der Waals surface area contributed by atoms with Crippen LogP contribution in [0.5, 0.6) is 11.5 Å². The first-order valence-corrected chi connectivity index (χ1v) is 8.43. The Bertz CT molecular complexity index is 1010. The maximum absolute atomic E-state index is 11.9. The monoisotopic (exact) mass is 366 g/mol. The smallest absolute Gasteiger partial charge is 0.412 e. The molecule has 2 aromatic carbocycles. The molecule has 27 heavy (non-hydrogen) atoms. The van der Waals surface area contributed by atoms with Gasteiger partial charge in [-0.1, -0.05) is 24.3 Å². The molecule has 140 valence electrons. The zero-order valence-corrected chi connectivity index (χ0v) is 15.4. The van der Waals surface area contributed by atoms with Gasteiger partial charge in [-0.05, 0) is 32.9 Å². The number of hydrogen-bond acceptors (Lipinski definition) is 5. The first-order valence-electron chi connectivity index (χ1n) is 8.43. The van der Waals surface area contributed by atoms with Crippen molar-refractivity contribution in [3.8, 4) is 11.5 Å². The molecule has 7 nitrogen and oxygen atoms in total. The summed E-state index contributed by atoms with van der Waals surface area (Å²) in [7, 11) is 0. The minimum Gasteiger partial charge on any atom is -0.465 e. The third-order valence-electron chi connectivity index (χ3n) is 4.16. The predicted octanol–water partition coefficient (Wildman–Crippen LogP) is 4.47. The molecule has 0 radical (unpaired) electrons. The normalized spacial score (nSPS) is 11.4. The van der Waals surface area contributed by atoms with E-state index in [0.29, 0.717) is 17.2 Å². The number of benzene rings is 2. The van der Waals surface area contributed by atoms with Crippen LogP contribution in [0, 0.1) is 0 Å². The topological polar surface area (TPSA) is 115 Å². The number of ether oxygens (including phenoxy) is 1. The van der Waals surface area contributed by atoms with Gasteiger partial charge < -0.3 is 21.3 Å². The van der Waals surface area contributed by atoms with Crippen LogP contribution in [0.25, 0.3) is 10.8 Å². The van der Waals surface area contributed by atoms with E-state index in [4.69, 9.17) is 16.2 Å². The number of anilines is 3. The second kappa shape index (κ2) is 6.68. The largest absolute Gasteiger partial charge is 0.465 e. The summed E-state index contributed by atoms with van der Waals surface area (Å²) in [6.45, 7) is 5.54. The van der Waals surface area contributed by atoms with Gasteiger partial charge in [0, 0.05) is 28.6 Å². The van der Waals surface area contributed by atoms with E-state index in [0.717, 1.165) is 10.8 Å². The maximum atomic E-state index is 11.9. The van der Waals surface area contributed by atoms with Gasteiger partial charge in [-0.2, -0.15) is 0 Å². The van der Waals surface area contributed by atoms with Crippen LogP contribution in [0.3, 0.4) is 0 Å². The van der Waals surface area contributed by atoms with Crippen LogP contribution in [0.15, 0.2) is 48.7 Å². The minimum absolute atomic E-state index is 0.193. The lowest BCUT2D eigenvalue weighted by Crippen LogP contribution is -2.45. The van der Waals surface area contributed by atoms with Gasteiger partial charge in [0.25, 0.3) is 0 Å². The van der Waals surface area contributed by atoms with Crippen LogP contribution in [0.2, 0.25) is 0 Å². The fourth-order valence-corrected chi connectivity index (χ4v) is 2.97. The van der Waals surface area contributed by atoms with Crippen LogP contribution >= 0.6 is 0 Å². The number of pyridine rings is 1. The third-order valence-corrected chi connectivity index (χ3v) is 4.16. The lowest BCUT2D eigenvalue weighted by molar-refractivity contribution is 0.196. The molecule has 0 saturated carbocycles. The minimum atomic E-state index is -1.02. The Morgan fingerprint density at radius 3 is 2.33 bits per heavy atom. The molecule has 7 heteroatoms.